The number of hydrogen-bond donors (Lipinski definition) is 0. The van der Waals surface area contributed by atoms with Crippen LogP contribution in [0.5, 0.6) is 0 Å². The minimum absolute atomic E-state index is 0.0355. The van der Waals surface area contributed by atoms with Crippen molar-refractivity contribution in [2.75, 3.05) is 14.1 Å². The van der Waals surface area contributed by atoms with Crippen molar-refractivity contribution in [3.63, 3.8) is 0 Å². The molecule has 1 aromatic carbocycles. The Labute approximate surface area is 97.6 Å². The van der Waals surface area contributed by atoms with Crippen LogP contribution >= 0.6 is 0 Å². The van der Waals surface area contributed by atoms with Gasteiger partial charge < -0.3 is 4.90 Å². The predicted molar refractivity (Wildman–Crippen MR) is 68.5 cm³/mol. The number of benzene rings is 1. The molecule has 0 atom stereocenters. The van der Waals surface area contributed by atoms with Crippen molar-refractivity contribution in [3.05, 3.63) is 41.5 Å². The molecular weight excluding hydrogens is 198 g/mol. The second kappa shape index (κ2) is 4.97. The molecule has 0 saturated heterocycles. The molecule has 0 aromatic heterocycles. The van der Waals surface area contributed by atoms with Crippen LogP contribution in [0.2, 0.25) is 0 Å². The highest BCUT2D eigenvalue weighted by Crippen LogP contribution is 2.20. The fraction of sp³-hybridized carbons (Fsp3) is 0.357. The quantitative estimate of drug-likeness (QED) is 0.762. The number of carbonyl (C=O) groups is 1. The van der Waals surface area contributed by atoms with E-state index in [1.165, 1.54) is 5.56 Å². The van der Waals surface area contributed by atoms with Crippen LogP contribution in [0.1, 0.15) is 35.3 Å². The van der Waals surface area contributed by atoms with E-state index < -0.39 is 0 Å². The minimum Gasteiger partial charge on any atom is -0.345 e. The number of hydrogen-bond acceptors (Lipinski definition) is 1. The Morgan fingerprint density at radius 3 is 2.38 bits per heavy atom. The molecule has 0 fully saturated rings. The van der Waals surface area contributed by atoms with Crippen molar-refractivity contribution in [1.82, 2.24) is 4.90 Å². The molecule has 1 aromatic rings. The lowest BCUT2D eigenvalue weighted by atomic mass is 9.97. The molecule has 86 valence electrons. The van der Waals surface area contributed by atoms with Crippen LogP contribution in [-0.2, 0) is 6.42 Å². The van der Waals surface area contributed by atoms with Gasteiger partial charge in [-0.3, -0.25) is 4.79 Å². The standard InChI is InChI=1S/C14H19NO/c1-6-11-7-8-12(10(2)3)13(9-11)14(16)15(4)5/h7-9H,2,6H2,1,3-5H3. The van der Waals surface area contributed by atoms with Gasteiger partial charge in [-0.1, -0.05) is 31.2 Å². The molecule has 0 aliphatic carbocycles. The first-order chi connectivity index (χ1) is 7.47. The van der Waals surface area contributed by atoms with Gasteiger partial charge in [-0.25, -0.2) is 0 Å². The van der Waals surface area contributed by atoms with Gasteiger partial charge in [0, 0.05) is 19.7 Å². The van der Waals surface area contributed by atoms with Crippen LogP contribution in [0.25, 0.3) is 5.57 Å². The molecule has 0 aliphatic rings. The van der Waals surface area contributed by atoms with Crippen molar-refractivity contribution in [3.8, 4) is 0 Å². The summed E-state index contributed by atoms with van der Waals surface area (Å²) < 4.78 is 0. The van der Waals surface area contributed by atoms with E-state index in [0.717, 1.165) is 23.1 Å². The molecule has 1 rings (SSSR count). The Hall–Kier alpha value is -1.57. The second-order valence-corrected chi connectivity index (χ2v) is 4.21. The molecule has 0 heterocycles. The SMILES string of the molecule is C=C(C)c1ccc(CC)cc1C(=O)N(C)C. The van der Waals surface area contributed by atoms with E-state index in [1.807, 2.05) is 19.1 Å². The Bertz CT molecular complexity index is 419. The maximum absolute atomic E-state index is 12.0. The number of amides is 1. The number of aryl methyl sites for hydroxylation is 1. The number of rotatable bonds is 3. The van der Waals surface area contributed by atoms with Gasteiger partial charge in [-0.15, -0.1) is 0 Å². The Morgan fingerprint density at radius 1 is 1.31 bits per heavy atom. The van der Waals surface area contributed by atoms with Crippen molar-refractivity contribution < 1.29 is 4.79 Å². The molecule has 1 amide bonds. The maximum Gasteiger partial charge on any atom is 0.253 e. The van der Waals surface area contributed by atoms with Crippen LogP contribution in [0, 0.1) is 0 Å². The van der Waals surface area contributed by atoms with Crippen LogP contribution in [0.15, 0.2) is 24.8 Å². The van der Waals surface area contributed by atoms with Gasteiger partial charge in [0.05, 0.1) is 0 Å². The first kappa shape index (κ1) is 12.5. The summed E-state index contributed by atoms with van der Waals surface area (Å²) >= 11 is 0. The highest BCUT2D eigenvalue weighted by atomic mass is 16.2. The molecule has 0 bridgehead atoms. The van der Waals surface area contributed by atoms with Gasteiger partial charge in [0.2, 0.25) is 0 Å². The van der Waals surface area contributed by atoms with Gasteiger partial charge in [0.1, 0.15) is 0 Å². The zero-order valence-corrected chi connectivity index (χ0v) is 10.5. The highest BCUT2D eigenvalue weighted by molar-refractivity contribution is 5.98. The molecule has 0 radical (unpaired) electrons. The fourth-order valence-electron chi connectivity index (χ4n) is 1.60. The summed E-state index contributed by atoms with van der Waals surface area (Å²) in [5, 5.41) is 0. The van der Waals surface area contributed by atoms with Gasteiger partial charge in [0.15, 0.2) is 0 Å². The summed E-state index contributed by atoms with van der Waals surface area (Å²) in [6.45, 7) is 7.92. The summed E-state index contributed by atoms with van der Waals surface area (Å²) in [5.41, 5.74) is 3.79. The van der Waals surface area contributed by atoms with Crippen molar-refractivity contribution in [2.24, 2.45) is 0 Å². The maximum atomic E-state index is 12.0. The third-order valence-corrected chi connectivity index (χ3v) is 2.59. The first-order valence-electron chi connectivity index (χ1n) is 5.47. The monoisotopic (exact) mass is 217 g/mol. The molecule has 0 aliphatic heterocycles. The second-order valence-electron chi connectivity index (χ2n) is 4.21. The molecule has 16 heavy (non-hydrogen) atoms. The van der Waals surface area contributed by atoms with E-state index in [1.54, 1.807) is 19.0 Å². The zero-order chi connectivity index (χ0) is 12.3. The fourth-order valence-corrected chi connectivity index (χ4v) is 1.60. The smallest absolute Gasteiger partial charge is 0.253 e. The lowest BCUT2D eigenvalue weighted by Gasteiger charge is -2.15. The van der Waals surface area contributed by atoms with Crippen molar-refractivity contribution >= 4 is 11.5 Å². The number of allylic oxidation sites excluding steroid dienone is 1. The Balaban J connectivity index is 3.31. The summed E-state index contributed by atoms with van der Waals surface area (Å²) in [7, 11) is 3.53. The molecule has 2 heteroatoms. The third kappa shape index (κ3) is 2.51. The third-order valence-electron chi connectivity index (χ3n) is 2.59. The summed E-state index contributed by atoms with van der Waals surface area (Å²) in [6.07, 6.45) is 0.935. The van der Waals surface area contributed by atoms with Crippen LogP contribution in [-0.4, -0.2) is 24.9 Å². The van der Waals surface area contributed by atoms with E-state index in [4.69, 9.17) is 0 Å². The average Bonchev–Trinajstić information content (AvgIpc) is 2.26. The molecule has 2 nitrogen and oxygen atoms in total. The lowest BCUT2D eigenvalue weighted by molar-refractivity contribution is 0.0827. The van der Waals surface area contributed by atoms with Crippen molar-refractivity contribution in [2.45, 2.75) is 20.3 Å². The highest BCUT2D eigenvalue weighted by Gasteiger charge is 2.14. The summed E-state index contributed by atoms with van der Waals surface area (Å²) in [6, 6.07) is 6.00. The van der Waals surface area contributed by atoms with Crippen molar-refractivity contribution in [1.29, 1.82) is 0 Å². The van der Waals surface area contributed by atoms with E-state index >= 15 is 0 Å². The van der Waals surface area contributed by atoms with E-state index in [2.05, 4.69) is 19.6 Å². The topological polar surface area (TPSA) is 20.3 Å². The van der Waals surface area contributed by atoms with Gasteiger partial charge in [-0.05, 0) is 30.5 Å². The average molecular weight is 217 g/mol. The van der Waals surface area contributed by atoms with Gasteiger partial charge >= 0.3 is 0 Å². The van der Waals surface area contributed by atoms with Crippen LogP contribution < -0.4 is 0 Å². The predicted octanol–water partition coefficient (Wildman–Crippen LogP) is 2.98. The lowest BCUT2D eigenvalue weighted by Crippen LogP contribution is -2.23. The Kier molecular flexibility index (Phi) is 3.88. The van der Waals surface area contributed by atoms with E-state index in [-0.39, 0.29) is 5.91 Å². The summed E-state index contributed by atoms with van der Waals surface area (Å²) in [5.74, 6) is 0.0355. The molecule has 0 saturated carbocycles. The molecule has 0 N–H and O–H groups in total. The van der Waals surface area contributed by atoms with Crippen LogP contribution in [0.4, 0.5) is 0 Å². The molecular formula is C14H19NO. The Morgan fingerprint density at radius 2 is 1.94 bits per heavy atom. The van der Waals surface area contributed by atoms with E-state index in [9.17, 15) is 4.79 Å². The van der Waals surface area contributed by atoms with Crippen LogP contribution in [0.3, 0.4) is 0 Å². The minimum atomic E-state index is 0.0355. The zero-order valence-electron chi connectivity index (χ0n) is 10.5. The summed E-state index contributed by atoms with van der Waals surface area (Å²) in [4.78, 5) is 13.6. The molecule has 0 unspecified atom stereocenters. The normalized spacial score (nSPS) is 10.0. The number of nitrogens with zero attached hydrogens (tertiary/aromatic N) is 1. The largest absolute Gasteiger partial charge is 0.345 e. The first-order valence-corrected chi connectivity index (χ1v) is 5.47. The van der Waals surface area contributed by atoms with Gasteiger partial charge in [-0.2, -0.15) is 0 Å². The van der Waals surface area contributed by atoms with Gasteiger partial charge in [0.25, 0.3) is 5.91 Å². The van der Waals surface area contributed by atoms with E-state index in [0.29, 0.717) is 0 Å². The number of carbonyl (C=O) groups excluding carboxylic acids is 1. The molecule has 0 spiro atoms.